The van der Waals surface area contributed by atoms with Crippen LogP contribution in [0.25, 0.3) is 0 Å². The van der Waals surface area contributed by atoms with E-state index in [4.69, 9.17) is 0 Å². The van der Waals surface area contributed by atoms with Crippen LogP contribution < -0.4 is 0 Å². The highest BCUT2D eigenvalue weighted by Crippen LogP contribution is 2.36. The van der Waals surface area contributed by atoms with Crippen LogP contribution in [0.3, 0.4) is 0 Å². The lowest BCUT2D eigenvalue weighted by atomic mass is 10.1. The molecule has 0 aromatic carbocycles. The molecule has 1 nitrogen and oxygen atoms in total. The number of rotatable bonds is 2. The molecule has 1 fully saturated rings. The van der Waals surface area contributed by atoms with Gasteiger partial charge in [-0.15, -0.1) is 0 Å². The van der Waals surface area contributed by atoms with E-state index in [0.717, 1.165) is 0 Å². The van der Waals surface area contributed by atoms with Crippen molar-refractivity contribution in [2.75, 3.05) is 25.9 Å². The maximum Gasteiger partial charge on any atom is 0.00208 e. The monoisotopic (exact) mass is 187 g/mol. The summed E-state index contributed by atoms with van der Waals surface area (Å²) in [5.74, 6) is 0. The summed E-state index contributed by atoms with van der Waals surface area (Å²) in [5.41, 5.74) is 0. The second-order valence-corrected chi connectivity index (χ2v) is 6.21. The highest BCUT2D eigenvalue weighted by molar-refractivity contribution is 7.54. The highest BCUT2D eigenvalue weighted by Gasteiger charge is 2.12. The van der Waals surface area contributed by atoms with Crippen molar-refractivity contribution >= 4 is 8.07 Å². The van der Waals surface area contributed by atoms with E-state index in [0.29, 0.717) is 0 Å². The third kappa shape index (κ3) is 3.41. The molecule has 12 heavy (non-hydrogen) atoms. The van der Waals surface area contributed by atoms with Crippen LogP contribution in [-0.4, -0.2) is 30.6 Å². The lowest BCUT2D eigenvalue weighted by molar-refractivity contribution is 0.389. The number of hydrogen-bond acceptors (Lipinski definition) is 1. The zero-order valence-electron chi connectivity index (χ0n) is 8.55. The van der Waals surface area contributed by atoms with Crippen molar-refractivity contribution in [3.8, 4) is 0 Å². The Morgan fingerprint density at radius 1 is 1.00 bits per heavy atom. The van der Waals surface area contributed by atoms with Crippen LogP contribution in [0.4, 0.5) is 0 Å². The average molecular weight is 187 g/mol. The van der Waals surface area contributed by atoms with Gasteiger partial charge in [-0.3, -0.25) is 4.67 Å². The fourth-order valence-corrected chi connectivity index (χ4v) is 3.14. The molecule has 1 aliphatic heterocycles. The number of hydrogen-bond donors (Lipinski definition) is 0. The van der Waals surface area contributed by atoms with Crippen molar-refractivity contribution in [1.29, 1.82) is 0 Å². The highest BCUT2D eigenvalue weighted by atomic mass is 31.1. The molecule has 0 amide bonds. The molecule has 1 heterocycles. The summed E-state index contributed by atoms with van der Waals surface area (Å²) in [5, 5.41) is 0. The molecule has 0 aliphatic carbocycles. The van der Waals surface area contributed by atoms with Crippen LogP contribution >= 0.6 is 8.07 Å². The molecule has 0 bridgehead atoms. The third-order valence-electron chi connectivity index (χ3n) is 2.77. The molecular formula is C10H22NP. The van der Waals surface area contributed by atoms with Crippen molar-refractivity contribution in [3.05, 3.63) is 0 Å². The second-order valence-electron chi connectivity index (χ2n) is 3.70. The summed E-state index contributed by atoms with van der Waals surface area (Å²) < 4.78 is 2.73. The van der Waals surface area contributed by atoms with E-state index in [9.17, 15) is 0 Å². The zero-order chi connectivity index (χ0) is 8.81. The minimum Gasteiger partial charge on any atom is -0.282 e. The predicted octanol–water partition coefficient (Wildman–Crippen LogP) is 3.30. The van der Waals surface area contributed by atoms with Gasteiger partial charge in [0, 0.05) is 13.1 Å². The smallest absolute Gasteiger partial charge is 0.00208 e. The molecule has 0 N–H and O–H groups in total. The first-order valence-corrected chi connectivity index (χ1v) is 7.23. The quantitative estimate of drug-likeness (QED) is 0.599. The maximum absolute atomic E-state index is 2.73. The Hall–Kier alpha value is 0.390. The first-order chi connectivity index (χ1) is 5.84. The molecule has 0 spiro atoms. The summed E-state index contributed by atoms with van der Waals surface area (Å²) >= 11 is 0. The Bertz CT molecular complexity index is 108. The van der Waals surface area contributed by atoms with Crippen LogP contribution in [0.5, 0.6) is 0 Å². The van der Waals surface area contributed by atoms with Crippen LogP contribution in [0.1, 0.15) is 39.0 Å². The molecule has 1 saturated heterocycles. The minimum absolute atomic E-state index is 0.208. The van der Waals surface area contributed by atoms with Gasteiger partial charge >= 0.3 is 0 Å². The molecule has 0 aromatic rings. The number of nitrogens with zero attached hydrogens (tertiary/aromatic N) is 1. The van der Waals surface area contributed by atoms with E-state index in [2.05, 4.69) is 18.3 Å². The van der Waals surface area contributed by atoms with Gasteiger partial charge in [-0.2, -0.15) is 0 Å². The maximum atomic E-state index is 2.73. The van der Waals surface area contributed by atoms with E-state index in [-0.39, 0.29) is 8.07 Å². The van der Waals surface area contributed by atoms with Gasteiger partial charge < -0.3 is 0 Å². The van der Waals surface area contributed by atoms with Gasteiger partial charge in [0.15, 0.2) is 0 Å². The Morgan fingerprint density at radius 3 is 2.00 bits per heavy atom. The van der Waals surface area contributed by atoms with Crippen molar-refractivity contribution in [2.45, 2.75) is 39.0 Å². The molecule has 0 aromatic heterocycles. The van der Waals surface area contributed by atoms with Crippen LogP contribution in [0.2, 0.25) is 0 Å². The molecule has 1 atom stereocenters. The van der Waals surface area contributed by atoms with Crippen LogP contribution in [0.15, 0.2) is 0 Å². The van der Waals surface area contributed by atoms with Gasteiger partial charge in [0.2, 0.25) is 0 Å². The first-order valence-electron chi connectivity index (χ1n) is 5.30. The topological polar surface area (TPSA) is 3.24 Å². The van der Waals surface area contributed by atoms with Gasteiger partial charge in [-0.05, 0) is 33.7 Å². The van der Waals surface area contributed by atoms with Crippen LogP contribution in [0, 0.1) is 0 Å². The molecule has 2 heteroatoms. The average Bonchev–Trinajstić information content (AvgIpc) is 2.02. The van der Waals surface area contributed by atoms with Gasteiger partial charge in [0.05, 0.1) is 0 Å². The first kappa shape index (κ1) is 10.5. The lowest BCUT2D eigenvalue weighted by Gasteiger charge is -2.29. The largest absolute Gasteiger partial charge is 0.282 e. The minimum atomic E-state index is 0.208. The van der Waals surface area contributed by atoms with Crippen molar-refractivity contribution in [3.63, 3.8) is 0 Å². The normalized spacial score (nSPS) is 24.5. The standard InChI is InChI=1S/C10H22NP/c1-3-12(2)11-9-7-5-4-6-8-10-11/h3-10H2,1-2H3. The van der Waals surface area contributed by atoms with Crippen molar-refractivity contribution in [1.82, 2.24) is 4.67 Å². The Kier molecular flexibility index (Phi) is 5.18. The predicted molar refractivity (Wildman–Crippen MR) is 58.0 cm³/mol. The van der Waals surface area contributed by atoms with Gasteiger partial charge in [-0.1, -0.05) is 26.2 Å². The molecular weight excluding hydrogens is 165 g/mol. The van der Waals surface area contributed by atoms with E-state index >= 15 is 0 Å². The fraction of sp³-hybridized carbons (Fsp3) is 1.00. The van der Waals surface area contributed by atoms with Crippen molar-refractivity contribution < 1.29 is 0 Å². The Balaban J connectivity index is 2.29. The van der Waals surface area contributed by atoms with Gasteiger partial charge in [-0.25, -0.2) is 0 Å². The molecule has 72 valence electrons. The lowest BCUT2D eigenvalue weighted by Crippen LogP contribution is -2.22. The third-order valence-corrected chi connectivity index (χ3v) is 5.05. The molecule has 1 aliphatic rings. The summed E-state index contributed by atoms with van der Waals surface area (Å²) in [6, 6.07) is 0. The van der Waals surface area contributed by atoms with Crippen molar-refractivity contribution in [2.24, 2.45) is 0 Å². The summed E-state index contributed by atoms with van der Waals surface area (Å²) in [7, 11) is 0.208. The van der Waals surface area contributed by atoms with E-state index in [1.54, 1.807) is 0 Å². The summed E-state index contributed by atoms with van der Waals surface area (Å²) in [6.07, 6.45) is 8.64. The fourth-order valence-electron chi connectivity index (χ4n) is 1.77. The van der Waals surface area contributed by atoms with Gasteiger partial charge in [0.1, 0.15) is 0 Å². The second kappa shape index (κ2) is 5.94. The van der Waals surface area contributed by atoms with Gasteiger partial charge in [0.25, 0.3) is 0 Å². The van der Waals surface area contributed by atoms with E-state index in [1.165, 1.54) is 51.4 Å². The van der Waals surface area contributed by atoms with E-state index in [1.807, 2.05) is 0 Å². The Morgan fingerprint density at radius 2 is 1.50 bits per heavy atom. The Labute approximate surface area is 78.3 Å². The SMILES string of the molecule is CCP(C)N1CCCCCCC1. The van der Waals surface area contributed by atoms with Crippen LogP contribution in [-0.2, 0) is 0 Å². The molecule has 1 unspecified atom stereocenters. The molecule has 1 rings (SSSR count). The summed E-state index contributed by atoms with van der Waals surface area (Å²) in [6.45, 7) is 7.49. The molecule has 0 saturated carbocycles. The summed E-state index contributed by atoms with van der Waals surface area (Å²) in [4.78, 5) is 0. The zero-order valence-corrected chi connectivity index (χ0v) is 9.45. The molecule has 0 radical (unpaired) electrons. The van der Waals surface area contributed by atoms with E-state index < -0.39 is 0 Å².